The molecule has 43 valence electrons. The molecule has 0 saturated heterocycles. The van der Waals surface area contributed by atoms with Crippen LogP contribution in [0.2, 0.25) is 0 Å². The molecule has 0 aromatic heterocycles. The molecule has 0 aliphatic heterocycles. The smallest absolute Gasteiger partial charge is 1.00 e. The molecule has 7 heteroatoms. The molecule has 0 amide bonds. The molecule has 0 heterocycles. The van der Waals surface area contributed by atoms with Crippen LogP contribution < -0.4 is 0 Å². The van der Waals surface area contributed by atoms with E-state index in [1.54, 1.807) is 0 Å². The first-order valence-corrected chi connectivity index (χ1v) is 2.10. The van der Waals surface area contributed by atoms with Crippen molar-refractivity contribution in [1.29, 1.82) is 0 Å². The summed E-state index contributed by atoms with van der Waals surface area (Å²) in [5.74, 6) is 0. The Morgan fingerprint density at radius 3 is 1.29 bits per heavy atom. The molecular formula is H4CaMnO4S. The molecule has 0 aromatic carbocycles. The van der Waals surface area contributed by atoms with Gasteiger partial charge in [0, 0.05) is 17.1 Å². The quantitative estimate of drug-likeness (QED) is 0.391. The number of rotatable bonds is 0. The Morgan fingerprint density at radius 1 is 1.29 bits per heavy atom. The largest absolute Gasteiger partial charge is 2.00 e. The van der Waals surface area contributed by atoms with Crippen molar-refractivity contribution in [2.75, 3.05) is 0 Å². The second-order valence-electron chi connectivity index (χ2n) is 0.448. The predicted octanol–water partition coefficient (Wildman–Crippen LogP) is -0.811. The first-order valence-electron chi connectivity index (χ1n) is 0.698. The molecule has 4 nitrogen and oxygen atoms in total. The third kappa shape index (κ3) is 89.8. The summed E-state index contributed by atoms with van der Waals surface area (Å²) in [6, 6.07) is 0. The van der Waals surface area contributed by atoms with Crippen molar-refractivity contribution in [2.24, 2.45) is 0 Å². The average molecular weight is 195 g/mol. The standard InChI is InChI=1S/Ca.Mn.H2O4S.2H/c;;1-5(2,3)4;;/h;;(H2,1,2,3,4);;/q+2;;;2*-1. The molecule has 0 spiro atoms. The first-order chi connectivity index (χ1) is 2.00. The van der Waals surface area contributed by atoms with Crippen molar-refractivity contribution < 1.29 is 37.4 Å². The maximum Gasteiger partial charge on any atom is 2.00 e. The van der Waals surface area contributed by atoms with Crippen molar-refractivity contribution in [1.82, 2.24) is 0 Å². The molecule has 0 atom stereocenters. The van der Waals surface area contributed by atoms with Crippen LogP contribution in [0.1, 0.15) is 2.85 Å². The fraction of sp³-hybridized carbons (Fsp3) is 0. The van der Waals surface area contributed by atoms with Crippen LogP contribution in [0.25, 0.3) is 0 Å². The first kappa shape index (κ1) is 15.9. The van der Waals surface area contributed by atoms with Gasteiger partial charge in [0.15, 0.2) is 0 Å². The van der Waals surface area contributed by atoms with Crippen LogP contribution in [-0.2, 0) is 27.5 Å². The summed E-state index contributed by atoms with van der Waals surface area (Å²) in [5.41, 5.74) is 0. The van der Waals surface area contributed by atoms with E-state index in [1.807, 2.05) is 0 Å². The van der Waals surface area contributed by atoms with Gasteiger partial charge >= 0.3 is 48.1 Å². The minimum atomic E-state index is -4.67. The van der Waals surface area contributed by atoms with Crippen LogP contribution in [0.15, 0.2) is 0 Å². The van der Waals surface area contributed by atoms with Crippen LogP contribution in [0.3, 0.4) is 0 Å². The molecule has 1 radical (unpaired) electrons. The molecule has 0 unspecified atom stereocenters. The van der Waals surface area contributed by atoms with Crippen molar-refractivity contribution in [2.45, 2.75) is 0 Å². The minimum absolute atomic E-state index is 0. The van der Waals surface area contributed by atoms with Crippen molar-refractivity contribution >= 4 is 48.1 Å². The second-order valence-corrected chi connectivity index (χ2v) is 1.34. The normalized spacial score (nSPS) is 8.29. The van der Waals surface area contributed by atoms with Gasteiger partial charge in [0.25, 0.3) is 0 Å². The van der Waals surface area contributed by atoms with Gasteiger partial charge in [-0.25, -0.2) is 0 Å². The summed E-state index contributed by atoms with van der Waals surface area (Å²) in [5, 5.41) is 0. The molecular weight excluding hydrogens is 191 g/mol. The second kappa shape index (κ2) is 5.78. The molecule has 0 aliphatic rings. The van der Waals surface area contributed by atoms with E-state index in [0.29, 0.717) is 0 Å². The molecule has 0 rings (SSSR count). The van der Waals surface area contributed by atoms with Gasteiger partial charge in [-0.3, -0.25) is 9.11 Å². The maximum absolute atomic E-state index is 8.74. The number of hydrogen-bond acceptors (Lipinski definition) is 2. The average Bonchev–Trinajstić information content (AvgIpc) is 0.722. The fourth-order valence-corrected chi connectivity index (χ4v) is 0. The van der Waals surface area contributed by atoms with E-state index in [1.165, 1.54) is 0 Å². The Kier molecular flexibility index (Phi) is 13.1. The van der Waals surface area contributed by atoms with Crippen LogP contribution in [-0.4, -0.2) is 55.3 Å². The molecule has 0 bridgehead atoms. The van der Waals surface area contributed by atoms with E-state index >= 15 is 0 Å². The Hall–Kier alpha value is 1.65. The third-order valence-electron chi connectivity index (χ3n) is 0. The molecule has 2 N–H and O–H groups in total. The summed E-state index contributed by atoms with van der Waals surface area (Å²) in [6.45, 7) is 0. The molecule has 0 fully saturated rings. The Bertz CT molecular complexity index is 102. The van der Waals surface area contributed by atoms with Crippen LogP contribution in [0.5, 0.6) is 0 Å². The summed E-state index contributed by atoms with van der Waals surface area (Å²) in [4.78, 5) is 0. The van der Waals surface area contributed by atoms with E-state index in [9.17, 15) is 0 Å². The van der Waals surface area contributed by atoms with Gasteiger partial charge in [0.2, 0.25) is 0 Å². The van der Waals surface area contributed by atoms with Gasteiger partial charge in [0.1, 0.15) is 0 Å². The van der Waals surface area contributed by atoms with E-state index in [2.05, 4.69) is 0 Å². The third-order valence-corrected chi connectivity index (χ3v) is 0. The Morgan fingerprint density at radius 2 is 1.29 bits per heavy atom. The van der Waals surface area contributed by atoms with Gasteiger partial charge in [-0.1, -0.05) is 0 Å². The monoisotopic (exact) mass is 195 g/mol. The Balaban J connectivity index is -0.0000000133. The zero-order chi connectivity index (χ0) is 4.50. The van der Waals surface area contributed by atoms with Gasteiger partial charge in [0.05, 0.1) is 0 Å². The Labute approximate surface area is 84.7 Å². The van der Waals surface area contributed by atoms with Crippen molar-refractivity contribution in [3.8, 4) is 0 Å². The van der Waals surface area contributed by atoms with E-state index in [-0.39, 0.29) is 57.7 Å². The predicted molar refractivity (Wildman–Crippen MR) is 22.2 cm³/mol. The van der Waals surface area contributed by atoms with Crippen LogP contribution in [0, 0.1) is 0 Å². The van der Waals surface area contributed by atoms with Gasteiger partial charge in [-0.15, -0.1) is 0 Å². The summed E-state index contributed by atoms with van der Waals surface area (Å²) in [6.07, 6.45) is 0. The van der Waals surface area contributed by atoms with E-state index in [0.717, 1.165) is 0 Å². The van der Waals surface area contributed by atoms with Crippen molar-refractivity contribution in [3.05, 3.63) is 0 Å². The SMILES string of the molecule is O=S(=O)(O)O.[Ca+2].[H-].[H-].[Mn]. The van der Waals surface area contributed by atoms with E-state index < -0.39 is 10.4 Å². The minimum Gasteiger partial charge on any atom is -1.00 e. The van der Waals surface area contributed by atoms with Crippen molar-refractivity contribution in [3.63, 3.8) is 0 Å². The molecule has 0 aliphatic carbocycles. The maximum atomic E-state index is 8.74. The fourth-order valence-electron chi connectivity index (χ4n) is 0. The van der Waals surface area contributed by atoms with E-state index in [4.69, 9.17) is 17.5 Å². The van der Waals surface area contributed by atoms with Crippen LogP contribution in [0.4, 0.5) is 0 Å². The number of hydrogen-bond donors (Lipinski definition) is 2. The van der Waals surface area contributed by atoms with Crippen LogP contribution >= 0.6 is 0 Å². The molecule has 7 heavy (non-hydrogen) atoms. The topological polar surface area (TPSA) is 74.6 Å². The zero-order valence-electron chi connectivity index (χ0n) is 5.20. The summed E-state index contributed by atoms with van der Waals surface area (Å²) < 4.78 is 31.6. The van der Waals surface area contributed by atoms with Gasteiger partial charge in [-0.05, 0) is 0 Å². The molecule has 0 aromatic rings. The summed E-state index contributed by atoms with van der Waals surface area (Å²) >= 11 is 0. The summed E-state index contributed by atoms with van der Waals surface area (Å²) in [7, 11) is -4.67. The zero-order valence-corrected chi connectivity index (χ0v) is 7.41. The van der Waals surface area contributed by atoms with Gasteiger partial charge in [-0.2, -0.15) is 8.42 Å². The molecule has 0 saturated carbocycles. The van der Waals surface area contributed by atoms with Gasteiger partial charge < -0.3 is 2.85 Å².